The number of hydrogen-bond acceptors (Lipinski definition) is 0. The van der Waals surface area contributed by atoms with Crippen LogP contribution in [0.4, 0.5) is 0 Å². The summed E-state index contributed by atoms with van der Waals surface area (Å²) in [4.78, 5) is 0. The Morgan fingerprint density at radius 1 is 0.600 bits per heavy atom. The molecule has 15 heavy (non-hydrogen) atoms. The Labute approximate surface area is 106 Å². The van der Waals surface area contributed by atoms with Crippen LogP contribution in [0.1, 0.15) is 64.2 Å². The van der Waals surface area contributed by atoms with Crippen molar-refractivity contribution < 1.29 is 0 Å². The van der Waals surface area contributed by atoms with Gasteiger partial charge in [0.15, 0.2) is 0 Å². The van der Waals surface area contributed by atoms with E-state index in [4.69, 9.17) is 0 Å². The van der Waals surface area contributed by atoms with Crippen LogP contribution in [0.15, 0.2) is 0 Å². The van der Waals surface area contributed by atoms with Crippen LogP contribution in [0.2, 0.25) is 8.94 Å². The summed E-state index contributed by atoms with van der Waals surface area (Å²) in [5, 5.41) is 0. The maximum absolute atomic E-state index is 1.68. The molecule has 0 aromatic carbocycles. The van der Waals surface area contributed by atoms with Crippen LogP contribution >= 0.6 is 0 Å². The molecule has 88 valence electrons. The molecule has 0 nitrogen and oxygen atoms in total. The predicted molar refractivity (Wildman–Crippen MR) is 68.5 cm³/mol. The van der Waals surface area contributed by atoms with Gasteiger partial charge in [-0.3, -0.25) is 0 Å². The van der Waals surface area contributed by atoms with Gasteiger partial charge in [0, 0.05) is 0 Å². The zero-order chi connectivity index (χ0) is 10.3. The predicted octanol–water partition coefficient (Wildman–Crippen LogP) is 4.69. The molecule has 0 spiro atoms. The standard InChI is InChI=1S/C14H26Te/c1-3-7-13(8-4-1)11-15-12-14-9-5-2-6-10-14/h13-14H,1-12H2. The molecular weight excluding hydrogens is 296 g/mol. The van der Waals surface area contributed by atoms with Crippen molar-refractivity contribution in [2.75, 3.05) is 0 Å². The van der Waals surface area contributed by atoms with Gasteiger partial charge in [0.2, 0.25) is 0 Å². The van der Waals surface area contributed by atoms with E-state index < -0.39 is 0 Å². The molecule has 2 fully saturated rings. The van der Waals surface area contributed by atoms with E-state index in [1.165, 1.54) is 24.7 Å². The van der Waals surface area contributed by atoms with E-state index in [1.54, 1.807) is 60.3 Å². The van der Waals surface area contributed by atoms with E-state index in [-0.39, 0.29) is 0 Å². The topological polar surface area (TPSA) is 0 Å². The van der Waals surface area contributed by atoms with Gasteiger partial charge in [-0.15, -0.1) is 0 Å². The molecule has 0 aliphatic heterocycles. The second kappa shape index (κ2) is 7.18. The molecule has 2 aliphatic rings. The van der Waals surface area contributed by atoms with Crippen molar-refractivity contribution in [3.63, 3.8) is 0 Å². The fraction of sp³-hybridized carbons (Fsp3) is 1.00. The van der Waals surface area contributed by atoms with Gasteiger partial charge >= 0.3 is 106 Å². The molecule has 0 radical (unpaired) electrons. The summed E-state index contributed by atoms with van der Waals surface area (Å²) in [7, 11) is 0. The summed E-state index contributed by atoms with van der Waals surface area (Å²) >= 11 is 0.399. The van der Waals surface area contributed by atoms with Crippen molar-refractivity contribution in [1.82, 2.24) is 0 Å². The summed E-state index contributed by atoms with van der Waals surface area (Å²) in [6, 6.07) is 0. The van der Waals surface area contributed by atoms with Crippen LogP contribution in [-0.2, 0) is 0 Å². The molecule has 0 atom stereocenters. The molecule has 0 N–H and O–H groups in total. The van der Waals surface area contributed by atoms with Crippen LogP contribution in [0.5, 0.6) is 0 Å². The normalized spacial score (nSPS) is 25.6. The minimum absolute atomic E-state index is 0.399. The summed E-state index contributed by atoms with van der Waals surface area (Å²) in [6.07, 6.45) is 15.5. The zero-order valence-electron chi connectivity index (χ0n) is 10.0. The van der Waals surface area contributed by atoms with Crippen LogP contribution < -0.4 is 0 Å². The van der Waals surface area contributed by atoms with E-state index in [9.17, 15) is 0 Å². The van der Waals surface area contributed by atoms with E-state index in [2.05, 4.69) is 0 Å². The van der Waals surface area contributed by atoms with Gasteiger partial charge in [-0.1, -0.05) is 0 Å². The van der Waals surface area contributed by atoms with E-state index in [1.807, 2.05) is 0 Å². The van der Waals surface area contributed by atoms with Crippen LogP contribution in [-0.4, -0.2) is 20.9 Å². The molecule has 2 aliphatic carbocycles. The van der Waals surface area contributed by atoms with Gasteiger partial charge in [-0.2, -0.15) is 0 Å². The Morgan fingerprint density at radius 3 is 1.40 bits per heavy atom. The van der Waals surface area contributed by atoms with Crippen molar-refractivity contribution >= 4 is 20.9 Å². The molecule has 0 saturated heterocycles. The first-order chi connectivity index (χ1) is 7.45. The second-order valence-corrected chi connectivity index (χ2v) is 8.61. The minimum atomic E-state index is 0.399. The van der Waals surface area contributed by atoms with Gasteiger partial charge in [0.05, 0.1) is 0 Å². The fourth-order valence-electron chi connectivity index (χ4n) is 3.11. The first-order valence-electron chi connectivity index (χ1n) is 7.03. The molecule has 0 bridgehead atoms. The molecular formula is C14H26Te. The fourth-order valence-corrected chi connectivity index (χ4v) is 7.30. The summed E-state index contributed by atoms with van der Waals surface area (Å²) in [5.74, 6) is 2.34. The number of hydrogen-bond donors (Lipinski definition) is 0. The summed E-state index contributed by atoms with van der Waals surface area (Å²) < 4.78 is 3.36. The van der Waals surface area contributed by atoms with Crippen LogP contribution in [0.3, 0.4) is 0 Å². The Bertz CT molecular complexity index is 137. The van der Waals surface area contributed by atoms with Crippen LogP contribution in [0.25, 0.3) is 0 Å². The van der Waals surface area contributed by atoms with Gasteiger partial charge in [0.25, 0.3) is 0 Å². The molecule has 0 aromatic heterocycles. The Hall–Kier alpha value is 0.790. The molecule has 2 saturated carbocycles. The number of rotatable bonds is 4. The van der Waals surface area contributed by atoms with Gasteiger partial charge in [-0.25, -0.2) is 0 Å². The van der Waals surface area contributed by atoms with Crippen molar-refractivity contribution in [1.29, 1.82) is 0 Å². The van der Waals surface area contributed by atoms with Crippen LogP contribution in [0, 0.1) is 11.8 Å². The quantitative estimate of drug-likeness (QED) is 0.659. The van der Waals surface area contributed by atoms with Crippen molar-refractivity contribution in [3.8, 4) is 0 Å². The molecule has 0 aromatic rings. The van der Waals surface area contributed by atoms with Crippen molar-refractivity contribution in [2.45, 2.75) is 73.1 Å². The molecule has 1 heteroatoms. The molecule has 0 heterocycles. The van der Waals surface area contributed by atoms with E-state index in [0.29, 0.717) is 20.9 Å². The first kappa shape index (κ1) is 12.3. The zero-order valence-corrected chi connectivity index (χ0v) is 12.4. The third-order valence-electron chi connectivity index (χ3n) is 4.16. The molecule has 0 unspecified atom stereocenters. The monoisotopic (exact) mass is 324 g/mol. The Morgan fingerprint density at radius 2 is 1.00 bits per heavy atom. The second-order valence-electron chi connectivity index (χ2n) is 5.55. The Balaban J connectivity index is 1.53. The van der Waals surface area contributed by atoms with Gasteiger partial charge in [0.1, 0.15) is 0 Å². The SMILES string of the molecule is C1CCC(C[Te]CC2CCCCC2)CC1. The average Bonchev–Trinajstić information content (AvgIpc) is 2.32. The summed E-state index contributed by atoms with van der Waals surface area (Å²) in [6.45, 7) is 0. The van der Waals surface area contributed by atoms with Gasteiger partial charge < -0.3 is 0 Å². The molecule has 2 rings (SSSR count). The maximum atomic E-state index is 1.68. The first-order valence-corrected chi connectivity index (χ1v) is 10.3. The van der Waals surface area contributed by atoms with E-state index in [0.717, 1.165) is 0 Å². The average molecular weight is 322 g/mol. The third kappa shape index (κ3) is 4.66. The molecule has 0 amide bonds. The van der Waals surface area contributed by atoms with Gasteiger partial charge in [-0.05, 0) is 0 Å². The Kier molecular flexibility index (Phi) is 5.87. The van der Waals surface area contributed by atoms with Crippen molar-refractivity contribution in [2.24, 2.45) is 11.8 Å². The third-order valence-corrected chi connectivity index (χ3v) is 8.19. The summed E-state index contributed by atoms with van der Waals surface area (Å²) in [5.41, 5.74) is 0. The van der Waals surface area contributed by atoms with Crippen molar-refractivity contribution in [3.05, 3.63) is 0 Å². The van der Waals surface area contributed by atoms with E-state index >= 15 is 0 Å².